The fraction of sp³-hybridized carbons (Fsp3) is 0.133. The predicted octanol–water partition coefficient (Wildman–Crippen LogP) is 4.47. The molecule has 0 saturated carbocycles. The zero-order valence-electron chi connectivity index (χ0n) is 19.3. The van der Waals surface area contributed by atoms with E-state index in [1.807, 2.05) is 48.5 Å². The highest BCUT2D eigenvalue weighted by molar-refractivity contribution is 7.07. The number of hydrogen-bond acceptors (Lipinski definition) is 4. The van der Waals surface area contributed by atoms with Crippen LogP contribution >= 0.6 is 11.3 Å². The molecule has 4 nitrogen and oxygen atoms in total. The fourth-order valence-corrected chi connectivity index (χ4v) is 5.94. The van der Waals surface area contributed by atoms with E-state index in [2.05, 4.69) is 18.1 Å². The van der Waals surface area contributed by atoms with Crippen LogP contribution in [0.1, 0.15) is 34.7 Å². The van der Waals surface area contributed by atoms with Gasteiger partial charge in [0, 0.05) is 5.56 Å². The molecule has 1 aliphatic heterocycles. The summed E-state index contributed by atoms with van der Waals surface area (Å²) in [4.78, 5) is 19.3. The van der Waals surface area contributed by atoms with Gasteiger partial charge in [-0.2, -0.15) is 0 Å². The lowest BCUT2D eigenvalue weighted by atomic mass is 9.83. The van der Waals surface area contributed by atoms with E-state index in [0.29, 0.717) is 15.1 Å². The van der Waals surface area contributed by atoms with Crippen molar-refractivity contribution in [3.63, 3.8) is 0 Å². The van der Waals surface area contributed by atoms with E-state index in [9.17, 15) is 9.18 Å². The number of hydrogen-bond donors (Lipinski definition) is 0. The Labute approximate surface area is 211 Å². The molecule has 0 radical (unpaired) electrons. The molecule has 6 heteroatoms. The molecule has 0 bridgehead atoms. The van der Waals surface area contributed by atoms with Crippen molar-refractivity contribution < 1.29 is 9.13 Å². The Kier molecular flexibility index (Phi) is 5.63. The Bertz CT molecular complexity index is 1740. The van der Waals surface area contributed by atoms with Gasteiger partial charge < -0.3 is 4.74 Å². The Hall–Kier alpha value is -4.21. The third-order valence-electron chi connectivity index (χ3n) is 6.54. The second-order valence-corrected chi connectivity index (χ2v) is 9.74. The number of aryl methyl sites for hydroxylation is 1. The Balaban J connectivity index is 1.53. The highest BCUT2D eigenvalue weighted by Gasteiger charge is 2.32. The van der Waals surface area contributed by atoms with E-state index in [-0.39, 0.29) is 18.0 Å². The van der Waals surface area contributed by atoms with Crippen molar-refractivity contribution in [1.82, 2.24) is 4.57 Å². The Morgan fingerprint density at radius 3 is 2.75 bits per heavy atom. The van der Waals surface area contributed by atoms with E-state index >= 15 is 0 Å². The van der Waals surface area contributed by atoms with Gasteiger partial charge in [-0.3, -0.25) is 9.36 Å². The van der Waals surface area contributed by atoms with Crippen LogP contribution in [0.3, 0.4) is 0 Å². The molecule has 1 aromatic heterocycles. The number of nitrogens with zero attached hydrogens (tertiary/aromatic N) is 2. The molecule has 4 aromatic rings. The maximum absolute atomic E-state index is 14.3. The van der Waals surface area contributed by atoms with Crippen LogP contribution in [0.4, 0.5) is 4.39 Å². The molecule has 1 aliphatic carbocycles. The molecule has 2 heterocycles. The van der Waals surface area contributed by atoms with Crippen molar-refractivity contribution in [2.75, 3.05) is 6.61 Å². The maximum atomic E-state index is 14.3. The summed E-state index contributed by atoms with van der Waals surface area (Å²) in [5.74, 6) is 2.79. The van der Waals surface area contributed by atoms with Gasteiger partial charge in [-0.05, 0) is 65.4 Å². The minimum Gasteiger partial charge on any atom is -0.481 e. The number of thiazole rings is 1. The van der Waals surface area contributed by atoms with Crippen LogP contribution < -0.4 is 19.6 Å². The number of rotatable bonds is 4. The van der Waals surface area contributed by atoms with Gasteiger partial charge in [0.2, 0.25) is 0 Å². The molecular formula is C30H21FN2O2S. The standard InChI is InChI=1S/C30H21FN2O2S/c1-2-16-35-23-13-10-19(11-14-23)17-26-29(34)33-28(21-7-5-8-22(31)18-21)25-15-12-20-6-3-4-9-24(20)27(25)32-30(33)36-26/h1,3-11,13-14,17-18,28H,12,15-16H2/b26-17+/t28-/m1/s1. The molecule has 36 heavy (non-hydrogen) atoms. The van der Waals surface area contributed by atoms with E-state index in [1.165, 1.54) is 29.0 Å². The first kappa shape index (κ1) is 22.3. The molecule has 1 atom stereocenters. The number of benzene rings is 3. The number of allylic oxidation sites excluding steroid dienone is 1. The van der Waals surface area contributed by atoms with E-state index < -0.39 is 6.04 Å². The molecule has 0 amide bonds. The smallest absolute Gasteiger partial charge is 0.271 e. The maximum Gasteiger partial charge on any atom is 0.271 e. The largest absolute Gasteiger partial charge is 0.481 e. The lowest BCUT2D eigenvalue weighted by Crippen LogP contribution is -2.38. The summed E-state index contributed by atoms with van der Waals surface area (Å²) in [5.41, 5.74) is 5.75. The molecule has 6 rings (SSSR count). The van der Waals surface area contributed by atoms with Crippen LogP contribution in [0.25, 0.3) is 11.8 Å². The number of aromatic nitrogens is 1. The molecule has 0 unspecified atom stereocenters. The molecule has 0 spiro atoms. The third kappa shape index (κ3) is 3.88. The summed E-state index contributed by atoms with van der Waals surface area (Å²) in [6.07, 6.45) is 8.73. The van der Waals surface area contributed by atoms with Crippen LogP contribution in [0.5, 0.6) is 5.75 Å². The van der Waals surface area contributed by atoms with Gasteiger partial charge in [-0.25, -0.2) is 9.38 Å². The summed E-state index contributed by atoms with van der Waals surface area (Å²) in [5, 5.41) is 0. The first-order valence-corrected chi connectivity index (χ1v) is 12.5. The second kappa shape index (κ2) is 9.10. The monoisotopic (exact) mass is 492 g/mol. The van der Waals surface area contributed by atoms with Gasteiger partial charge in [0.05, 0.1) is 16.3 Å². The molecule has 176 valence electrons. The fourth-order valence-electron chi connectivity index (χ4n) is 4.94. The topological polar surface area (TPSA) is 43.6 Å². The van der Waals surface area contributed by atoms with Crippen LogP contribution in [0.2, 0.25) is 0 Å². The van der Waals surface area contributed by atoms with E-state index in [0.717, 1.165) is 40.8 Å². The van der Waals surface area contributed by atoms with E-state index in [1.54, 1.807) is 10.6 Å². The van der Waals surface area contributed by atoms with Crippen LogP contribution in [0.15, 0.2) is 88.2 Å². The average Bonchev–Trinajstić information content (AvgIpc) is 3.21. The van der Waals surface area contributed by atoms with Crippen molar-refractivity contribution in [1.29, 1.82) is 0 Å². The molecule has 0 N–H and O–H groups in total. The minimum absolute atomic E-state index is 0.133. The Morgan fingerprint density at radius 2 is 1.94 bits per heavy atom. The third-order valence-corrected chi connectivity index (χ3v) is 7.52. The number of halogens is 1. The summed E-state index contributed by atoms with van der Waals surface area (Å²) in [6, 6.07) is 21.8. The molecule has 3 aromatic carbocycles. The van der Waals surface area contributed by atoms with Crippen molar-refractivity contribution in [3.8, 4) is 18.1 Å². The highest BCUT2D eigenvalue weighted by Crippen LogP contribution is 2.41. The van der Waals surface area contributed by atoms with Gasteiger partial charge >= 0.3 is 0 Å². The quantitative estimate of drug-likeness (QED) is 0.395. The molecule has 0 fully saturated rings. The van der Waals surface area contributed by atoms with E-state index in [4.69, 9.17) is 16.2 Å². The summed E-state index contributed by atoms with van der Waals surface area (Å²) in [7, 11) is 0. The van der Waals surface area contributed by atoms with Gasteiger partial charge in [0.25, 0.3) is 5.56 Å². The lowest BCUT2D eigenvalue weighted by molar-refractivity contribution is 0.370. The summed E-state index contributed by atoms with van der Waals surface area (Å²) < 4.78 is 22.0. The minimum atomic E-state index is -0.401. The van der Waals surface area contributed by atoms with Crippen molar-refractivity contribution >= 4 is 23.1 Å². The van der Waals surface area contributed by atoms with Crippen molar-refractivity contribution in [3.05, 3.63) is 126 Å². The van der Waals surface area contributed by atoms with Gasteiger partial charge in [-0.15, -0.1) is 6.42 Å². The van der Waals surface area contributed by atoms with Crippen LogP contribution in [0, 0.1) is 18.2 Å². The number of terminal acetylenes is 1. The SMILES string of the molecule is C#CCOc1ccc(/C=c2/sc3n(c2=O)[C@H](c2cccc(F)c2)C2=C(N=3)c3ccccc3CC2)cc1. The molecular weight excluding hydrogens is 471 g/mol. The lowest BCUT2D eigenvalue weighted by Gasteiger charge is -2.30. The van der Waals surface area contributed by atoms with Crippen molar-refractivity contribution in [2.24, 2.45) is 4.99 Å². The number of fused-ring (bicyclic) bond motifs is 3. The molecule has 0 saturated heterocycles. The number of ether oxygens (including phenoxy) is 1. The first-order chi connectivity index (χ1) is 17.6. The summed E-state index contributed by atoms with van der Waals surface area (Å²) >= 11 is 1.35. The normalized spacial score (nSPS) is 16.4. The van der Waals surface area contributed by atoms with Crippen LogP contribution in [-0.4, -0.2) is 11.2 Å². The zero-order chi connectivity index (χ0) is 24.6. The summed E-state index contributed by atoms with van der Waals surface area (Å²) in [6.45, 7) is 0.200. The van der Waals surface area contributed by atoms with Crippen molar-refractivity contribution in [2.45, 2.75) is 18.9 Å². The van der Waals surface area contributed by atoms with Crippen LogP contribution in [-0.2, 0) is 6.42 Å². The van der Waals surface area contributed by atoms with Gasteiger partial charge in [0.15, 0.2) is 4.80 Å². The first-order valence-electron chi connectivity index (χ1n) is 11.7. The average molecular weight is 493 g/mol. The van der Waals surface area contributed by atoms with Gasteiger partial charge in [0.1, 0.15) is 18.2 Å². The molecule has 2 aliphatic rings. The van der Waals surface area contributed by atoms with Gasteiger partial charge in [-0.1, -0.05) is 65.8 Å². The highest BCUT2D eigenvalue weighted by atomic mass is 32.1. The second-order valence-electron chi connectivity index (χ2n) is 8.73. The predicted molar refractivity (Wildman–Crippen MR) is 140 cm³/mol. The Morgan fingerprint density at radius 1 is 1.11 bits per heavy atom. The zero-order valence-corrected chi connectivity index (χ0v) is 20.1.